The van der Waals surface area contributed by atoms with Gasteiger partial charge in [0.2, 0.25) is 0 Å². The summed E-state index contributed by atoms with van der Waals surface area (Å²) in [4.78, 5) is 32.3. The molecule has 2 aliphatic rings. The van der Waals surface area contributed by atoms with Gasteiger partial charge in [0.05, 0.1) is 22.8 Å². The molecule has 0 N–H and O–H groups in total. The molecule has 0 spiro atoms. The zero-order chi connectivity index (χ0) is 17.1. The second-order valence-electron chi connectivity index (χ2n) is 5.17. The first kappa shape index (κ1) is 15.4. The van der Waals surface area contributed by atoms with Crippen LogP contribution in [0.4, 0.5) is 0 Å². The van der Waals surface area contributed by atoms with Gasteiger partial charge in [-0.05, 0) is 30.3 Å². The zero-order valence-corrected chi connectivity index (χ0v) is 12.4. The highest BCUT2D eigenvalue weighted by molar-refractivity contribution is 5.94. The number of rotatable bonds is 1. The van der Waals surface area contributed by atoms with Crippen molar-refractivity contribution < 1.29 is 23.9 Å². The summed E-state index contributed by atoms with van der Waals surface area (Å²) in [5.41, 5.74) is 3.89. The summed E-state index contributed by atoms with van der Waals surface area (Å²) in [7, 11) is 0. The van der Waals surface area contributed by atoms with Gasteiger partial charge in [0, 0.05) is 16.7 Å². The smallest absolute Gasteiger partial charge is 0.338 e. The van der Waals surface area contributed by atoms with Crippen LogP contribution >= 0.6 is 0 Å². The molecule has 0 unspecified atom stereocenters. The SMILES string of the molecule is N#Cc1ccc2c(c1)COC2=O.O=Cc1ccc2c(c1)COC2=O. The number of aldehydes is 1. The molecule has 0 atom stereocenters. The molecule has 2 aromatic carbocycles. The number of fused-ring (bicyclic) bond motifs is 2. The molecule has 6 heteroatoms. The van der Waals surface area contributed by atoms with Crippen molar-refractivity contribution in [2.75, 3.05) is 0 Å². The Bertz CT molecular complexity index is 895. The van der Waals surface area contributed by atoms with E-state index in [1.165, 1.54) is 0 Å². The summed E-state index contributed by atoms with van der Waals surface area (Å²) in [6, 6.07) is 11.8. The molecule has 2 aliphatic heterocycles. The van der Waals surface area contributed by atoms with Gasteiger partial charge in [-0.15, -0.1) is 0 Å². The van der Waals surface area contributed by atoms with Crippen LogP contribution < -0.4 is 0 Å². The van der Waals surface area contributed by atoms with Gasteiger partial charge in [0.1, 0.15) is 19.5 Å². The predicted octanol–water partition coefficient (Wildman–Crippen LogP) is 2.40. The normalized spacial score (nSPS) is 13.6. The Kier molecular flexibility index (Phi) is 4.08. The van der Waals surface area contributed by atoms with Crippen molar-refractivity contribution in [3.8, 4) is 6.07 Å². The second kappa shape index (κ2) is 6.34. The Morgan fingerprint density at radius 2 is 1.50 bits per heavy atom. The fraction of sp³-hybridized carbons (Fsp3) is 0.111. The first-order valence-electron chi connectivity index (χ1n) is 7.08. The molecule has 2 heterocycles. The molecule has 0 aromatic heterocycles. The van der Waals surface area contributed by atoms with Gasteiger partial charge in [0.25, 0.3) is 0 Å². The van der Waals surface area contributed by atoms with Crippen LogP contribution in [0.2, 0.25) is 0 Å². The van der Waals surface area contributed by atoms with Crippen LogP contribution in [0.5, 0.6) is 0 Å². The van der Waals surface area contributed by atoms with Crippen molar-refractivity contribution in [3.63, 3.8) is 0 Å². The minimum Gasteiger partial charge on any atom is -0.457 e. The Morgan fingerprint density at radius 1 is 0.917 bits per heavy atom. The molecule has 0 saturated carbocycles. The van der Waals surface area contributed by atoms with Crippen molar-refractivity contribution in [1.82, 2.24) is 0 Å². The molecule has 0 radical (unpaired) electrons. The van der Waals surface area contributed by atoms with Gasteiger partial charge >= 0.3 is 11.9 Å². The van der Waals surface area contributed by atoms with E-state index in [4.69, 9.17) is 14.7 Å². The van der Waals surface area contributed by atoms with E-state index in [0.717, 1.165) is 17.4 Å². The lowest BCUT2D eigenvalue weighted by molar-refractivity contribution is 0.0526. The quantitative estimate of drug-likeness (QED) is 0.591. The molecule has 0 aliphatic carbocycles. The number of benzene rings is 2. The molecule has 6 nitrogen and oxygen atoms in total. The highest BCUT2D eigenvalue weighted by Gasteiger charge is 2.21. The fourth-order valence-electron chi connectivity index (χ4n) is 2.43. The number of hydrogen-bond acceptors (Lipinski definition) is 6. The van der Waals surface area contributed by atoms with Crippen LogP contribution in [-0.4, -0.2) is 18.2 Å². The lowest BCUT2D eigenvalue weighted by atomic mass is 10.1. The largest absolute Gasteiger partial charge is 0.457 e. The Morgan fingerprint density at radius 3 is 2.08 bits per heavy atom. The van der Waals surface area contributed by atoms with Crippen molar-refractivity contribution in [1.29, 1.82) is 5.26 Å². The molecule has 0 amide bonds. The highest BCUT2D eigenvalue weighted by atomic mass is 16.5. The summed E-state index contributed by atoms with van der Waals surface area (Å²) in [6.45, 7) is 0.583. The first-order chi connectivity index (χ1) is 11.6. The van der Waals surface area contributed by atoms with E-state index < -0.39 is 0 Å². The third-order valence-electron chi connectivity index (χ3n) is 3.66. The summed E-state index contributed by atoms with van der Waals surface area (Å²) >= 11 is 0. The molecular weight excluding hydrogens is 310 g/mol. The van der Waals surface area contributed by atoms with Gasteiger partial charge in [-0.1, -0.05) is 6.07 Å². The average molecular weight is 321 g/mol. The minimum absolute atomic E-state index is 0.288. The van der Waals surface area contributed by atoms with Crippen LogP contribution in [0.1, 0.15) is 47.8 Å². The molecule has 2 aromatic rings. The van der Waals surface area contributed by atoms with Gasteiger partial charge in [-0.3, -0.25) is 4.79 Å². The topological polar surface area (TPSA) is 93.5 Å². The maximum Gasteiger partial charge on any atom is 0.338 e. The van der Waals surface area contributed by atoms with Crippen molar-refractivity contribution in [2.24, 2.45) is 0 Å². The number of esters is 2. The van der Waals surface area contributed by atoms with Crippen LogP contribution in [0.3, 0.4) is 0 Å². The summed E-state index contributed by atoms with van der Waals surface area (Å²) in [5.74, 6) is -0.600. The Labute approximate surface area is 137 Å². The third-order valence-corrected chi connectivity index (χ3v) is 3.66. The number of nitriles is 1. The Balaban J connectivity index is 0.000000141. The van der Waals surface area contributed by atoms with E-state index in [1.807, 2.05) is 6.07 Å². The van der Waals surface area contributed by atoms with E-state index in [0.29, 0.717) is 28.9 Å². The highest BCUT2D eigenvalue weighted by Crippen LogP contribution is 2.21. The van der Waals surface area contributed by atoms with Crippen molar-refractivity contribution in [2.45, 2.75) is 13.2 Å². The van der Waals surface area contributed by atoms with Crippen LogP contribution in [-0.2, 0) is 22.7 Å². The zero-order valence-electron chi connectivity index (χ0n) is 12.4. The summed E-state index contributed by atoms with van der Waals surface area (Å²) < 4.78 is 9.54. The number of hydrogen-bond donors (Lipinski definition) is 0. The van der Waals surface area contributed by atoms with Crippen LogP contribution in [0.15, 0.2) is 36.4 Å². The van der Waals surface area contributed by atoms with E-state index >= 15 is 0 Å². The van der Waals surface area contributed by atoms with E-state index in [2.05, 4.69) is 0 Å². The molecule has 4 rings (SSSR count). The van der Waals surface area contributed by atoms with Crippen LogP contribution in [0, 0.1) is 11.3 Å². The number of carbonyl (C=O) groups excluding carboxylic acids is 3. The minimum atomic E-state index is -0.303. The summed E-state index contributed by atoms with van der Waals surface area (Å²) in [6.07, 6.45) is 0.753. The standard InChI is InChI=1S/C9H5NO2.C9H6O3/c2*10-4-6-1-2-8-7(3-6)5-12-9(8)11/h1-3H,5H2;1-4H,5H2. The molecule has 0 saturated heterocycles. The predicted molar refractivity (Wildman–Crippen MR) is 81.2 cm³/mol. The van der Waals surface area contributed by atoms with Gasteiger partial charge < -0.3 is 9.47 Å². The van der Waals surface area contributed by atoms with E-state index in [1.54, 1.807) is 36.4 Å². The van der Waals surface area contributed by atoms with Crippen molar-refractivity contribution >= 4 is 18.2 Å². The van der Waals surface area contributed by atoms with E-state index in [-0.39, 0.29) is 18.5 Å². The van der Waals surface area contributed by atoms with Gasteiger partial charge in [0.15, 0.2) is 0 Å². The third kappa shape index (κ3) is 2.88. The van der Waals surface area contributed by atoms with Gasteiger partial charge in [-0.25, -0.2) is 9.59 Å². The maximum absolute atomic E-state index is 11.0. The number of cyclic esters (lactones) is 2. The first-order valence-corrected chi connectivity index (χ1v) is 7.08. The molecule has 24 heavy (non-hydrogen) atoms. The fourth-order valence-corrected chi connectivity index (χ4v) is 2.43. The Hall–Kier alpha value is -3.46. The molecule has 118 valence electrons. The average Bonchev–Trinajstić information content (AvgIpc) is 3.18. The molecule has 0 fully saturated rings. The maximum atomic E-state index is 11.0. The number of carbonyl (C=O) groups is 3. The lowest BCUT2D eigenvalue weighted by Gasteiger charge is -1.93. The molecular formula is C18H11NO5. The monoisotopic (exact) mass is 321 g/mol. The van der Waals surface area contributed by atoms with Gasteiger partial charge in [-0.2, -0.15) is 5.26 Å². The molecule has 0 bridgehead atoms. The summed E-state index contributed by atoms with van der Waals surface area (Å²) in [5, 5.41) is 8.56. The number of nitrogens with zero attached hydrogens (tertiary/aromatic N) is 1. The second-order valence-corrected chi connectivity index (χ2v) is 5.17. The number of ether oxygens (including phenoxy) is 2. The van der Waals surface area contributed by atoms with E-state index in [9.17, 15) is 14.4 Å². The van der Waals surface area contributed by atoms with Crippen molar-refractivity contribution in [3.05, 3.63) is 69.8 Å². The lowest BCUT2D eigenvalue weighted by Crippen LogP contribution is -1.93. The van der Waals surface area contributed by atoms with Crippen LogP contribution in [0.25, 0.3) is 0 Å².